The molecular formula is C8H14S. The lowest BCUT2D eigenvalue weighted by Crippen LogP contribution is -1.56. The van der Waals surface area contributed by atoms with Crippen molar-refractivity contribution in [3.05, 3.63) is 23.0 Å². The van der Waals surface area contributed by atoms with Gasteiger partial charge in [-0.25, -0.2) is 0 Å². The summed E-state index contributed by atoms with van der Waals surface area (Å²) in [6.45, 7) is 4.21. The molecule has 0 unspecified atom stereocenters. The third-order valence-corrected chi connectivity index (χ3v) is 1.62. The highest BCUT2D eigenvalue weighted by Crippen LogP contribution is 2.04. The van der Waals surface area contributed by atoms with E-state index in [1.165, 1.54) is 12.8 Å². The number of allylic oxidation sites excluding steroid dienone is 2. The molecule has 0 aliphatic heterocycles. The number of hydrogen-bond acceptors (Lipinski definition) is 1. The van der Waals surface area contributed by atoms with E-state index in [2.05, 4.69) is 23.8 Å². The summed E-state index contributed by atoms with van der Waals surface area (Å²) in [4.78, 5) is 0. The lowest BCUT2D eigenvalue weighted by Gasteiger charge is -1.81. The highest BCUT2D eigenvalue weighted by atomic mass is 32.2. The summed E-state index contributed by atoms with van der Waals surface area (Å²) in [5, 5.41) is 4.20. The first-order chi connectivity index (χ1) is 4.41. The molecule has 0 heterocycles. The molecule has 0 spiro atoms. The molecule has 0 aromatic heterocycles. The third kappa shape index (κ3) is 7.83. The van der Waals surface area contributed by atoms with Crippen LogP contribution in [0.15, 0.2) is 23.0 Å². The minimum absolute atomic E-state index is 1.20. The topological polar surface area (TPSA) is 0 Å². The maximum Gasteiger partial charge on any atom is -0.0288 e. The van der Waals surface area contributed by atoms with E-state index in [4.69, 9.17) is 0 Å². The molecule has 9 heavy (non-hydrogen) atoms. The average molecular weight is 142 g/mol. The van der Waals surface area contributed by atoms with Crippen LogP contribution in [0.2, 0.25) is 0 Å². The standard InChI is InChI=1S/C8H14S/c1-3-5-6-8-9-7-4-2/h4,6-8H,3,5H2,1-2H3/b7-4-,8-6+. The highest BCUT2D eigenvalue weighted by Gasteiger charge is 1.70. The van der Waals surface area contributed by atoms with Gasteiger partial charge in [-0.1, -0.05) is 25.5 Å². The molecule has 0 amide bonds. The summed E-state index contributed by atoms with van der Waals surface area (Å²) in [5.41, 5.74) is 0. The Hall–Kier alpha value is -0.170. The predicted molar refractivity (Wildman–Crippen MR) is 46.5 cm³/mol. The van der Waals surface area contributed by atoms with Gasteiger partial charge in [0.25, 0.3) is 0 Å². The van der Waals surface area contributed by atoms with Crippen LogP contribution in [0.3, 0.4) is 0 Å². The summed E-state index contributed by atoms with van der Waals surface area (Å²) in [6.07, 6.45) is 6.68. The van der Waals surface area contributed by atoms with E-state index in [1.54, 1.807) is 11.8 Å². The highest BCUT2D eigenvalue weighted by molar-refractivity contribution is 8.04. The fourth-order valence-electron chi connectivity index (χ4n) is 0.414. The second kappa shape index (κ2) is 7.83. The van der Waals surface area contributed by atoms with Crippen LogP contribution in [-0.2, 0) is 0 Å². The minimum Gasteiger partial charge on any atom is -0.107 e. The predicted octanol–water partition coefficient (Wildman–Crippen LogP) is 3.57. The largest absolute Gasteiger partial charge is 0.107 e. The fraction of sp³-hybridized carbons (Fsp3) is 0.500. The summed E-state index contributed by atoms with van der Waals surface area (Å²) >= 11 is 1.73. The number of hydrogen-bond donors (Lipinski definition) is 0. The minimum atomic E-state index is 1.20. The Bertz CT molecular complexity index is 92.7. The third-order valence-electron chi connectivity index (χ3n) is 0.845. The van der Waals surface area contributed by atoms with Gasteiger partial charge in [0.15, 0.2) is 0 Å². The Morgan fingerprint density at radius 1 is 1.33 bits per heavy atom. The average Bonchev–Trinajstić information content (AvgIpc) is 1.89. The maximum atomic E-state index is 2.20. The maximum absolute atomic E-state index is 2.20. The number of thioether (sulfide) groups is 1. The monoisotopic (exact) mass is 142 g/mol. The summed E-state index contributed by atoms with van der Waals surface area (Å²) in [6, 6.07) is 0. The van der Waals surface area contributed by atoms with Gasteiger partial charge in [0.05, 0.1) is 0 Å². The molecule has 0 radical (unpaired) electrons. The van der Waals surface area contributed by atoms with Crippen molar-refractivity contribution in [3.8, 4) is 0 Å². The lowest BCUT2D eigenvalue weighted by atomic mass is 10.3. The van der Waals surface area contributed by atoms with E-state index in [0.717, 1.165) is 0 Å². The first-order valence-electron chi connectivity index (χ1n) is 3.33. The SMILES string of the molecule is C/C=C\S/C=C/CCC. The van der Waals surface area contributed by atoms with Crippen LogP contribution in [0, 0.1) is 0 Å². The summed E-state index contributed by atoms with van der Waals surface area (Å²) in [7, 11) is 0. The quantitative estimate of drug-likeness (QED) is 0.578. The normalized spacial score (nSPS) is 11.8. The molecule has 0 nitrogen and oxygen atoms in total. The fourth-order valence-corrected chi connectivity index (χ4v) is 0.909. The zero-order valence-electron chi connectivity index (χ0n) is 6.13. The van der Waals surface area contributed by atoms with Gasteiger partial charge in [-0.15, -0.1) is 11.8 Å². The zero-order valence-corrected chi connectivity index (χ0v) is 6.95. The van der Waals surface area contributed by atoms with Gasteiger partial charge in [0.2, 0.25) is 0 Å². The van der Waals surface area contributed by atoms with Gasteiger partial charge in [0.1, 0.15) is 0 Å². The number of unbranched alkanes of at least 4 members (excludes halogenated alkanes) is 1. The van der Waals surface area contributed by atoms with Crippen molar-refractivity contribution in [2.75, 3.05) is 0 Å². The van der Waals surface area contributed by atoms with Gasteiger partial charge < -0.3 is 0 Å². The van der Waals surface area contributed by atoms with E-state index >= 15 is 0 Å². The molecule has 0 bridgehead atoms. The summed E-state index contributed by atoms with van der Waals surface area (Å²) < 4.78 is 0. The van der Waals surface area contributed by atoms with Gasteiger partial charge in [-0.05, 0) is 24.2 Å². The van der Waals surface area contributed by atoms with E-state index < -0.39 is 0 Å². The van der Waals surface area contributed by atoms with Crippen molar-refractivity contribution in [3.63, 3.8) is 0 Å². The van der Waals surface area contributed by atoms with E-state index in [0.29, 0.717) is 0 Å². The van der Waals surface area contributed by atoms with Crippen molar-refractivity contribution >= 4 is 11.8 Å². The second-order valence-electron chi connectivity index (χ2n) is 1.77. The number of rotatable bonds is 4. The van der Waals surface area contributed by atoms with Gasteiger partial charge in [-0.3, -0.25) is 0 Å². The van der Waals surface area contributed by atoms with Crippen molar-refractivity contribution < 1.29 is 0 Å². The molecule has 0 atom stereocenters. The Balaban J connectivity index is 3.04. The first-order valence-corrected chi connectivity index (χ1v) is 4.27. The Labute approximate surface area is 62.0 Å². The smallest absolute Gasteiger partial charge is 0.0288 e. The second-order valence-corrected chi connectivity index (χ2v) is 2.58. The molecule has 0 aromatic rings. The van der Waals surface area contributed by atoms with Crippen LogP contribution in [-0.4, -0.2) is 0 Å². The molecule has 0 aliphatic carbocycles. The molecule has 0 rings (SSSR count). The molecule has 0 fully saturated rings. The Morgan fingerprint density at radius 3 is 2.67 bits per heavy atom. The van der Waals surface area contributed by atoms with Crippen molar-refractivity contribution in [1.82, 2.24) is 0 Å². The Kier molecular flexibility index (Phi) is 7.68. The van der Waals surface area contributed by atoms with Gasteiger partial charge in [-0.2, -0.15) is 0 Å². The van der Waals surface area contributed by atoms with Crippen LogP contribution in [0.5, 0.6) is 0 Å². The van der Waals surface area contributed by atoms with Crippen molar-refractivity contribution in [2.45, 2.75) is 26.7 Å². The van der Waals surface area contributed by atoms with Gasteiger partial charge in [0, 0.05) is 0 Å². The van der Waals surface area contributed by atoms with Crippen LogP contribution in [0.25, 0.3) is 0 Å². The van der Waals surface area contributed by atoms with E-state index in [-0.39, 0.29) is 0 Å². The Morgan fingerprint density at radius 2 is 2.11 bits per heavy atom. The van der Waals surface area contributed by atoms with Crippen LogP contribution in [0.1, 0.15) is 26.7 Å². The van der Waals surface area contributed by atoms with E-state index in [9.17, 15) is 0 Å². The van der Waals surface area contributed by atoms with Crippen LogP contribution >= 0.6 is 11.8 Å². The molecule has 0 aliphatic rings. The molecule has 1 heteroatoms. The van der Waals surface area contributed by atoms with Crippen molar-refractivity contribution in [2.24, 2.45) is 0 Å². The summed E-state index contributed by atoms with van der Waals surface area (Å²) in [5.74, 6) is 0. The van der Waals surface area contributed by atoms with E-state index in [1.807, 2.05) is 13.0 Å². The molecular weight excluding hydrogens is 128 g/mol. The molecule has 0 saturated heterocycles. The molecule has 0 N–H and O–H groups in total. The van der Waals surface area contributed by atoms with Crippen molar-refractivity contribution in [1.29, 1.82) is 0 Å². The molecule has 0 saturated carbocycles. The zero-order chi connectivity index (χ0) is 6.95. The van der Waals surface area contributed by atoms with Gasteiger partial charge >= 0.3 is 0 Å². The molecule has 52 valence electrons. The lowest BCUT2D eigenvalue weighted by molar-refractivity contribution is 0.960. The molecule has 0 aromatic carbocycles. The first kappa shape index (κ1) is 8.83. The van der Waals surface area contributed by atoms with Crippen LogP contribution in [0.4, 0.5) is 0 Å². The van der Waals surface area contributed by atoms with Crippen LogP contribution < -0.4 is 0 Å².